The molecule has 140 valence electrons. The van der Waals surface area contributed by atoms with Crippen LogP contribution in [0.25, 0.3) is 10.8 Å². The molecule has 0 unspecified atom stereocenters. The van der Waals surface area contributed by atoms with Gasteiger partial charge in [0.15, 0.2) is 0 Å². The molecule has 3 rings (SSSR count). The first kappa shape index (κ1) is 19.1. The van der Waals surface area contributed by atoms with Crippen LogP contribution in [0.15, 0.2) is 72.8 Å². The third-order valence-electron chi connectivity index (χ3n) is 4.74. The molecule has 4 heteroatoms. The summed E-state index contributed by atoms with van der Waals surface area (Å²) >= 11 is 0. The SMILES string of the molecule is CC(C)N(NC(=O)c1cccc2ccccc12)[C@H](CO)Cc1ccccc1. The Bertz CT molecular complexity index is 888. The van der Waals surface area contributed by atoms with Crippen molar-refractivity contribution in [1.29, 1.82) is 0 Å². The molecule has 1 atom stereocenters. The summed E-state index contributed by atoms with van der Waals surface area (Å²) in [5, 5.41) is 13.8. The molecule has 1 amide bonds. The maximum atomic E-state index is 13.0. The summed E-state index contributed by atoms with van der Waals surface area (Å²) in [5.74, 6) is -0.160. The van der Waals surface area contributed by atoms with Crippen molar-refractivity contribution in [1.82, 2.24) is 10.4 Å². The first-order valence-electron chi connectivity index (χ1n) is 9.32. The Labute approximate surface area is 160 Å². The number of nitrogens with zero attached hydrogens (tertiary/aromatic N) is 1. The van der Waals surface area contributed by atoms with Gasteiger partial charge in [0.2, 0.25) is 0 Å². The molecule has 0 heterocycles. The zero-order chi connectivity index (χ0) is 19.2. The molecule has 0 saturated heterocycles. The predicted molar refractivity (Wildman–Crippen MR) is 109 cm³/mol. The van der Waals surface area contributed by atoms with E-state index in [1.54, 1.807) is 0 Å². The van der Waals surface area contributed by atoms with Crippen LogP contribution >= 0.6 is 0 Å². The van der Waals surface area contributed by atoms with Crippen molar-refractivity contribution in [2.45, 2.75) is 32.4 Å². The van der Waals surface area contributed by atoms with Gasteiger partial charge in [-0.05, 0) is 42.7 Å². The lowest BCUT2D eigenvalue weighted by molar-refractivity contribution is 0.0379. The molecule has 27 heavy (non-hydrogen) atoms. The average Bonchev–Trinajstić information content (AvgIpc) is 2.70. The number of carbonyl (C=O) groups is 1. The Morgan fingerprint density at radius 1 is 0.963 bits per heavy atom. The van der Waals surface area contributed by atoms with Crippen LogP contribution in [0.2, 0.25) is 0 Å². The van der Waals surface area contributed by atoms with Gasteiger partial charge in [-0.25, -0.2) is 5.01 Å². The number of hydrogen-bond donors (Lipinski definition) is 2. The molecule has 3 aromatic carbocycles. The van der Waals surface area contributed by atoms with Crippen LogP contribution in [0.3, 0.4) is 0 Å². The van der Waals surface area contributed by atoms with E-state index in [2.05, 4.69) is 5.43 Å². The van der Waals surface area contributed by atoms with Gasteiger partial charge in [-0.1, -0.05) is 66.7 Å². The van der Waals surface area contributed by atoms with Gasteiger partial charge >= 0.3 is 0 Å². The smallest absolute Gasteiger partial charge is 0.266 e. The van der Waals surface area contributed by atoms with E-state index in [9.17, 15) is 9.90 Å². The van der Waals surface area contributed by atoms with Gasteiger partial charge in [0.25, 0.3) is 5.91 Å². The number of aliphatic hydroxyl groups is 1. The minimum atomic E-state index is -0.202. The van der Waals surface area contributed by atoms with E-state index >= 15 is 0 Å². The van der Waals surface area contributed by atoms with E-state index in [0.29, 0.717) is 12.0 Å². The fourth-order valence-electron chi connectivity index (χ4n) is 3.38. The fourth-order valence-corrected chi connectivity index (χ4v) is 3.38. The Balaban J connectivity index is 1.83. The van der Waals surface area contributed by atoms with E-state index in [1.165, 1.54) is 0 Å². The van der Waals surface area contributed by atoms with Crippen LogP contribution < -0.4 is 5.43 Å². The molecule has 0 aromatic heterocycles. The lowest BCUT2D eigenvalue weighted by Crippen LogP contribution is -2.54. The number of benzene rings is 3. The number of hydrogen-bond acceptors (Lipinski definition) is 3. The maximum Gasteiger partial charge on any atom is 0.266 e. The van der Waals surface area contributed by atoms with Crippen molar-refractivity contribution in [3.05, 3.63) is 83.9 Å². The van der Waals surface area contributed by atoms with Crippen molar-refractivity contribution < 1.29 is 9.90 Å². The molecule has 0 aliphatic rings. The summed E-state index contributed by atoms with van der Waals surface area (Å²) in [6.45, 7) is 3.98. The first-order chi connectivity index (χ1) is 13.1. The van der Waals surface area contributed by atoms with Crippen LogP contribution in [0.4, 0.5) is 0 Å². The lowest BCUT2D eigenvalue weighted by atomic mass is 10.0. The first-order valence-corrected chi connectivity index (χ1v) is 9.32. The van der Waals surface area contributed by atoms with Crippen LogP contribution in [-0.4, -0.2) is 34.7 Å². The quantitative estimate of drug-likeness (QED) is 0.629. The summed E-state index contributed by atoms with van der Waals surface area (Å²) in [6, 6.07) is 23.4. The van der Waals surface area contributed by atoms with Crippen molar-refractivity contribution in [3.8, 4) is 0 Å². The predicted octanol–water partition coefficient (Wildman–Crippen LogP) is 3.80. The van der Waals surface area contributed by atoms with E-state index < -0.39 is 0 Å². The lowest BCUT2D eigenvalue weighted by Gasteiger charge is -2.34. The third kappa shape index (κ3) is 4.54. The Hall–Kier alpha value is -2.69. The highest BCUT2D eigenvalue weighted by Gasteiger charge is 2.24. The summed E-state index contributed by atoms with van der Waals surface area (Å²) in [4.78, 5) is 13.0. The Morgan fingerprint density at radius 2 is 1.63 bits per heavy atom. The minimum absolute atomic E-state index is 0.0388. The molecular weight excluding hydrogens is 336 g/mol. The van der Waals surface area contributed by atoms with Gasteiger partial charge in [-0.2, -0.15) is 0 Å². The van der Waals surface area contributed by atoms with Gasteiger partial charge in [0, 0.05) is 11.6 Å². The van der Waals surface area contributed by atoms with Crippen molar-refractivity contribution in [2.24, 2.45) is 0 Å². The highest BCUT2D eigenvalue weighted by Crippen LogP contribution is 2.19. The number of rotatable bonds is 7. The molecule has 0 spiro atoms. The Kier molecular flexibility index (Phi) is 6.22. The van der Waals surface area contributed by atoms with Crippen LogP contribution in [0, 0.1) is 0 Å². The van der Waals surface area contributed by atoms with Gasteiger partial charge in [0.05, 0.1) is 12.6 Å². The largest absolute Gasteiger partial charge is 0.395 e. The number of amides is 1. The van der Waals surface area contributed by atoms with Crippen molar-refractivity contribution in [2.75, 3.05) is 6.61 Å². The maximum absolute atomic E-state index is 13.0. The molecular formula is C23H26N2O2. The second-order valence-electron chi connectivity index (χ2n) is 6.99. The normalized spacial score (nSPS) is 12.5. The fraction of sp³-hybridized carbons (Fsp3) is 0.261. The molecule has 0 fully saturated rings. The molecule has 0 aliphatic heterocycles. The molecule has 3 aromatic rings. The minimum Gasteiger partial charge on any atom is -0.395 e. The molecule has 0 bridgehead atoms. The summed E-state index contributed by atoms with van der Waals surface area (Å²) in [7, 11) is 0. The number of hydrazine groups is 1. The molecule has 0 saturated carbocycles. The number of nitrogens with one attached hydrogen (secondary N) is 1. The monoisotopic (exact) mass is 362 g/mol. The topological polar surface area (TPSA) is 52.6 Å². The summed E-state index contributed by atoms with van der Waals surface area (Å²) in [5.41, 5.74) is 4.79. The van der Waals surface area contributed by atoms with Crippen LogP contribution in [0.5, 0.6) is 0 Å². The number of fused-ring (bicyclic) bond motifs is 1. The van der Waals surface area contributed by atoms with Gasteiger partial charge < -0.3 is 5.11 Å². The number of aliphatic hydroxyl groups excluding tert-OH is 1. The average molecular weight is 362 g/mol. The molecule has 4 nitrogen and oxygen atoms in total. The summed E-state index contributed by atoms with van der Waals surface area (Å²) in [6.07, 6.45) is 0.658. The van der Waals surface area contributed by atoms with Gasteiger partial charge in [-0.15, -0.1) is 0 Å². The van der Waals surface area contributed by atoms with E-state index in [4.69, 9.17) is 0 Å². The van der Waals surface area contributed by atoms with Gasteiger partial charge in [-0.3, -0.25) is 10.2 Å². The van der Waals surface area contributed by atoms with Crippen molar-refractivity contribution in [3.63, 3.8) is 0 Å². The second-order valence-corrected chi connectivity index (χ2v) is 6.99. The van der Waals surface area contributed by atoms with Crippen LogP contribution in [0.1, 0.15) is 29.8 Å². The third-order valence-corrected chi connectivity index (χ3v) is 4.74. The molecule has 0 radical (unpaired) electrons. The standard InChI is InChI=1S/C23H26N2O2/c1-17(2)25(20(16-26)15-18-9-4-3-5-10-18)24-23(27)22-14-8-12-19-11-6-7-13-21(19)22/h3-14,17,20,26H,15-16H2,1-2H3,(H,24,27)/t20-/m0/s1. The van der Waals surface area contributed by atoms with E-state index in [1.807, 2.05) is 91.7 Å². The van der Waals surface area contributed by atoms with E-state index in [0.717, 1.165) is 16.3 Å². The molecule has 2 N–H and O–H groups in total. The summed E-state index contributed by atoms with van der Waals surface area (Å²) < 4.78 is 0. The van der Waals surface area contributed by atoms with Crippen molar-refractivity contribution >= 4 is 16.7 Å². The second kappa shape index (κ2) is 8.80. The van der Waals surface area contributed by atoms with E-state index in [-0.39, 0.29) is 24.6 Å². The van der Waals surface area contributed by atoms with Gasteiger partial charge in [0.1, 0.15) is 0 Å². The zero-order valence-corrected chi connectivity index (χ0v) is 15.8. The zero-order valence-electron chi connectivity index (χ0n) is 15.8. The highest BCUT2D eigenvalue weighted by atomic mass is 16.3. The Morgan fingerprint density at radius 3 is 2.33 bits per heavy atom. The number of carbonyl (C=O) groups excluding carboxylic acids is 1. The van der Waals surface area contributed by atoms with Crippen LogP contribution in [-0.2, 0) is 6.42 Å². The molecule has 0 aliphatic carbocycles. The highest BCUT2D eigenvalue weighted by molar-refractivity contribution is 6.06.